The van der Waals surface area contributed by atoms with Gasteiger partial charge >= 0.3 is 0 Å². The molecule has 2 aromatic carbocycles. The van der Waals surface area contributed by atoms with E-state index in [1.54, 1.807) is 12.1 Å². The Morgan fingerprint density at radius 1 is 0.800 bits per heavy atom. The molecule has 0 saturated carbocycles. The van der Waals surface area contributed by atoms with Gasteiger partial charge in [-0.1, -0.05) is 41.5 Å². The molecule has 2 aromatic heterocycles. The number of rotatable bonds is 5. The predicted octanol–water partition coefficient (Wildman–Crippen LogP) is 6.41. The van der Waals surface area contributed by atoms with E-state index in [9.17, 15) is 10.1 Å². The Kier molecular flexibility index (Phi) is 12.2. The molecule has 2 aliphatic heterocycles. The molecule has 0 spiro atoms. The van der Waals surface area contributed by atoms with Crippen LogP contribution in [0.3, 0.4) is 0 Å². The first-order chi connectivity index (χ1) is 22.6. The summed E-state index contributed by atoms with van der Waals surface area (Å²) in [5.74, 6) is -1.05. The number of benzene rings is 2. The second kappa shape index (κ2) is 15.1. The van der Waals surface area contributed by atoms with Crippen molar-refractivity contribution in [2.24, 2.45) is 0 Å². The number of quaternary nitrogens is 1. The third-order valence-electron chi connectivity index (χ3n) is 8.47. The second-order valence-corrected chi connectivity index (χ2v) is 15.6. The van der Waals surface area contributed by atoms with Crippen molar-refractivity contribution in [2.75, 3.05) is 18.9 Å². The van der Waals surface area contributed by atoms with Crippen molar-refractivity contribution in [3.63, 3.8) is 0 Å². The first kappa shape index (κ1) is 40.4. The van der Waals surface area contributed by atoms with Gasteiger partial charge in [0, 0.05) is 68.3 Å². The van der Waals surface area contributed by atoms with Crippen molar-refractivity contribution in [3.05, 3.63) is 70.0 Å². The number of fused-ring (bicyclic) bond motifs is 2. The van der Waals surface area contributed by atoms with Crippen LogP contribution < -0.4 is 17.0 Å². The van der Waals surface area contributed by atoms with E-state index in [0.29, 0.717) is 19.8 Å². The number of ether oxygens (including phenoxy) is 4. The van der Waals surface area contributed by atoms with E-state index in [0.717, 1.165) is 28.8 Å². The highest BCUT2D eigenvalue weighted by atomic mass is 16.7. The Morgan fingerprint density at radius 2 is 1.20 bits per heavy atom. The summed E-state index contributed by atoms with van der Waals surface area (Å²) >= 11 is 0. The minimum atomic E-state index is -0.561. The number of nitrogen functional groups attached to an aromatic ring is 1. The molecule has 0 unspecified atom stereocenters. The number of nitrogens with zero attached hydrogens (tertiary/aromatic N) is 3. The molecule has 13 nitrogen and oxygen atoms in total. The fourth-order valence-corrected chi connectivity index (χ4v) is 6.41. The lowest BCUT2D eigenvalue weighted by Gasteiger charge is -2.24. The number of hydrogen-bond donors (Lipinski definition) is 2. The van der Waals surface area contributed by atoms with Gasteiger partial charge < -0.3 is 49.9 Å². The number of non-ortho nitro benzene ring substituents is 1. The summed E-state index contributed by atoms with van der Waals surface area (Å²) < 4.78 is 27.9. The number of nitro groups is 1. The van der Waals surface area contributed by atoms with Crippen molar-refractivity contribution >= 4 is 39.7 Å². The Labute approximate surface area is 294 Å². The standard InChI is InChI=1S/C18H24N2O4.C18H26N2O2.CH2O2.H3N/c1-17(2,3)16-9-12-8-13(20(21)22)6-7-15(12)19(16)10-14-11-23-18(4,5)24-14;1-17(2,3)16-9-12-8-13(19)6-7-15(12)20(16)10-14-11-21-18(4,5)22-14;2-1-3;/h6-9,14H,10-11H2,1-5H3;6-9,14H,10-11,19H2,1-5H3;1H,(H,2,3);1H3/t2*14-;;/m11../s1. The molecule has 2 saturated heterocycles. The average Bonchev–Trinajstić information content (AvgIpc) is 3.72. The molecule has 0 aliphatic carbocycles. The topological polar surface area (TPSA) is 193 Å². The SMILES string of the molecule is CC1(C)OC[C@@H](Cn2c(C(C)(C)C)cc3cc(N)ccc32)O1.CC1(C)OC[C@@H](Cn2c(C(C)(C)C)cc3cc([N+](=O)[O-])ccc32)O1.O=C[O-].[NH4+]. The second-order valence-electron chi connectivity index (χ2n) is 15.6. The first-order valence-corrected chi connectivity index (χ1v) is 16.5. The van der Waals surface area contributed by atoms with Crippen LogP contribution in [0.1, 0.15) is 80.6 Å². The van der Waals surface area contributed by atoms with E-state index < -0.39 is 18.0 Å². The average molecular weight is 698 g/mol. The quantitative estimate of drug-likeness (QED) is 0.103. The van der Waals surface area contributed by atoms with Gasteiger partial charge in [-0.25, -0.2) is 0 Å². The van der Waals surface area contributed by atoms with Gasteiger partial charge in [0.05, 0.1) is 31.2 Å². The van der Waals surface area contributed by atoms with Gasteiger partial charge in [-0.05, 0) is 64.1 Å². The lowest BCUT2D eigenvalue weighted by molar-refractivity contribution is -0.384. The zero-order valence-electron chi connectivity index (χ0n) is 31.4. The summed E-state index contributed by atoms with van der Waals surface area (Å²) in [5, 5.41) is 21.4. The molecule has 6 rings (SSSR count). The molecule has 13 heteroatoms. The molecule has 0 bridgehead atoms. The highest BCUT2D eigenvalue weighted by molar-refractivity contribution is 5.85. The maximum atomic E-state index is 11.0. The molecule has 2 atom stereocenters. The molecule has 2 aliphatic rings. The van der Waals surface area contributed by atoms with Crippen molar-refractivity contribution in [1.29, 1.82) is 0 Å². The maximum absolute atomic E-state index is 11.0. The van der Waals surface area contributed by atoms with Gasteiger partial charge in [0.1, 0.15) is 12.2 Å². The fraction of sp³-hybridized carbons (Fsp3) is 0.541. The summed E-state index contributed by atoms with van der Waals surface area (Å²) in [6, 6.07) is 15.4. The van der Waals surface area contributed by atoms with Gasteiger partial charge in [-0.3, -0.25) is 10.1 Å². The molecule has 4 aromatic rings. The van der Waals surface area contributed by atoms with Crippen LogP contribution in [0.4, 0.5) is 11.4 Å². The number of carboxylic acid groups (broad SMARTS) is 1. The van der Waals surface area contributed by atoms with Crippen molar-refractivity contribution < 1.29 is 33.8 Å². The number of nitro benzene ring substituents is 1. The van der Waals surface area contributed by atoms with E-state index in [1.807, 2.05) is 52.0 Å². The molecule has 0 radical (unpaired) electrons. The predicted molar refractivity (Wildman–Crippen MR) is 194 cm³/mol. The summed E-state index contributed by atoms with van der Waals surface area (Å²) in [5.41, 5.74) is 11.4. The molecule has 6 N–H and O–H groups in total. The van der Waals surface area contributed by atoms with Crippen LogP contribution in [0.5, 0.6) is 0 Å². The largest absolute Gasteiger partial charge is 0.554 e. The summed E-state index contributed by atoms with van der Waals surface area (Å²) in [6.45, 7) is 23.0. The lowest BCUT2D eigenvalue weighted by atomic mass is 9.92. The van der Waals surface area contributed by atoms with Gasteiger partial charge in [0.15, 0.2) is 11.6 Å². The zero-order chi connectivity index (χ0) is 36.5. The number of anilines is 1. The number of carbonyl (C=O) groups excluding carboxylic acids is 1. The normalized spacial score (nSPS) is 19.6. The number of hydrogen-bond acceptors (Lipinski definition) is 9. The number of carbonyl (C=O) groups is 1. The Bertz CT molecular complexity index is 1800. The van der Waals surface area contributed by atoms with E-state index >= 15 is 0 Å². The van der Waals surface area contributed by atoms with Crippen LogP contribution in [0, 0.1) is 10.1 Å². The summed E-state index contributed by atoms with van der Waals surface area (Å²) in [4.78, 5) is 18.9. The number of aromatic nitrogens is 2. The maximum Gasteiger partial charge on any atom is 0.270 e. The molecular weight excluding hydrogens is 642 g/mol. The molecule has 50 heavy (non-hydrogen) atoms. The molecule has 276 valence electrons. The van der Waals surface area contributed by atoms with Crippen LogP contribution in [0.15, 0.2) is 48.5 Å². The minimum absolute atomic E-state index is 0. The highest BCUT2D eigenvalue weighted by Crippen LogP contribution is 2.35. The Balaban J connectivity index is 0.000000247. The van der Waals surface area contributed by atoms with E-state index in [-0.39, 0.29) is 39.8 Å². The monoisotopic (exact) mass is 697 g/mol. The Hall–Kier alpha value is -4.01. The van der Waals surface area contributed by atoms with Crippen molar-refractivity contribution in [1.82, 2.24) is 15.3 Å². The molecule has 0 amide bonds. The third kappa shape index (κ3) is 9.61. The zero-order valence-corrected chi connectivity index (χ0v) is 31.4. The van der Waals surface area contributed by atoms with E-state index in [2.05, 4.69) is 62.8 Å². The molecule has 2 fully saturated rings. The van der Waals surface area contributed by atoms with Gasteiger partial charge in [-0.2, -0.15) is 0 Å². The highest BCUT2D eigenvalue weighted by Gasteiger charge is 2.35. The van der Waals surface area contributed by atoms with E-state index in [4.69, 9.17) is 34.6 Å². The summed E-state index contributed by atoms with van der Waals surface area (Å²) in [6.07, 6.45) is 0.0381. The van der Waals surface area contributed by atoms with Crippen molar-refractivity contribution in [3.8, 4) is 0 Å². The third-order valence-corrected chi connectivity index (χ3v) is 8.47. The number of nitrogens with two attached hydrogens (primary N) is 1. The van der Waals surface area contributed by atoms with Crippen LogP contribution in [-0.2, 0) is 47.7 Å². The van der Waals surface area contributed by atoms with Gasteiger partial charge in [-0.15, -0.1) is 0 Å². The van der Waals surface area contributed by atoms with E-state index in [1.165, 1.54) is 16.6 Å². The van der Waals surface area contributed by atoms with Crippen LogP contribution in [0.25, 0.3) is 21.8 Å². The van der Waals surface area contributed by atoms with Gasteiger partial charge in [0.25, 0.3) is 5.69 Å². The molecular formula is C37H55N5O8. The van der Waals surface area contributed by atoms with Crippen LogP contribution in [-0.4, -0.2) is 57.5 Å². The fourth-order valence-electron chi connectivity index (χ4n) is 6.41. The first-order valence-electron chi connectivity index (χ1n) is 16.5. The lowest BCUT2D eigenvalue weighted by Crippen LogP contribution is -2.26. The minimum Gasteiger partial charge on any atom is -0.554 e. The van der Waals surface area contributed by atoms with Crippen molar-refractivity contribution in [2.45, 2.75) is 117 Å². The molecule has 4 heterocycles. The smallest absolute Gasteiger partial charge is 0.270 e. The van der Waals surface area contributed by atoms with Crippen LogP contribution in [0.2, 0.25) is 0 Å². The summed E-state index contributed by atoms with van der Waals surface area (Å²) in [7, 11) is 0. The van der Waals surface area contributed by atoms with Crippen LogP contribution >= 0.6 is 0 Å². The Morgan fingerprint density at radius 3 is 1.56 bits per heavy atom. The van der Waals surface area contributed by atoms with Gasteiger partial charge in [0.2, 0.25) is 0 Å².